The summed E-state index contributed by atoms with van der Waals surface area (Å²) < 4.78 is 0. The fourth-order valence-electron chi connectivity index (χ4n) is 4.01. The maximum Gasteiger partial charge on any atom is 0.323 e. The third-order valence-corrected chi connectivity index (χ3v) is 5.80. The van der Waals surface area contributed by atoms with Gasteiger partial charge in [0.1, 0.15) is 0 Å². The van der Waals surface area contributed by atoms with Crippen molar-refractivity contribution in [2.24, 2.45) is 0 Å². The van der Waals surface area contributed by atoms with E-state index in [4.69, 9.17) is 0 Å². The number of carbonyl (C=O) groups excluding carboxylic acids is 2. The minimum atomic E-state index is -0.335. The van der Waals surface area contributed by atoms with Crippen LogP contribution in [0, 0.1) is 13.8 Å². The van der Waals surface area contributed by atoms with Crippen molar-refractivity contribution < 1.29 is 9.59 Å². The van der Waals surface area contributed by atoms with Crippen molar-refractivity contribution in [3.05, 3.63) is 89.0 Å². The van der Waals surface area contributed by atoms with Gasteiger partial charge in [0.25, 0.3) is 5.91 Å². The molecule has 170 valence electrons. The predicted molar refractivity (Wildman–Crippen MR) is 134 cm³/mol. The number of hydrogen-bond donors (Lipinski definition) is 3. The van der Waals surface area contributed by atoms with Gasteiger partial charge in [-0.3, -0.25) is 4.79 Å². The molecule has 1 aliphatic heterocycles. The second-order valence-electron chi connectivity index (χ2n) is 8.54. The number of benzene rings is 3. The summed E-state index contributed by atoms with van der Waals surface area (Å²) in [5.41, 5.74) is 6.09. The van der Waals surface area contributed by atoms with E-state index in [1.54, 1.807) is 6.07 Å². The third-order valence-electron chi connectivity index (χ3n) is 5.80. The van der Waals surface area contributed by atoms with Crippen LogP contribution in [0.3, 0.4) is 0 Å². The molecule has 6 nitrogen and oxygen atoms in total. The van der Waals surface area contributed by atoms with E-state index in [9.17, 15) is 9.59 Å². The smallest absolute Gasteiger partial charge is 0.323 e. The topological polar surface area (TPSA) is 73.5 Å². The monoisotopic (exact) mass is 442 g/mol. The summed E-state index contributed by atoms with van der Waals surface area (Å²) in [5.74, 6) is -0.175. The molecule has 0 atom stereocenters. The lowest BCUT2D eigenvalue weighted by Gasteiger charge is -2.22. The lowest BCUT2D eigenvalue weighted by atomic mass is 10.1. The van der Waals surface area contributed by atoms with Gasteiger partial charge >= 0.3 is 6.03 Å². The molecule has 0 spiro atoms. The van der Waals surface area contributed by atoms with Gasteiger partial charge in [-0.05, 0) is 68.1 Å². The highest BCUT2D eigenvalue weighted by Gasteiger charge is 2.19. The van der Waals surface area contributed by atoms with Crippen LogP contribution in [0.25, 0.3) is 0 Å². The zero-order valence-electron chi connectivity index (χ0n) is 19.2. The van der Waals surface area contributed by atoms with Gasteiger partial charge in [-0.2, -0.15) is 0 Å². The van der Waals surface area contributed by atoms with E-state index in [0.29, 0.717) is 17.8 Å². The zero-order chi connectivity index (χ0) is 23.2. The Morgan fingerprint density at radius 2 is 1.61 bits per heavy atom. The molecule has 1 heterocycles. The molecule has 33 heavy (non-hydrogen) atoms. The first-order valence-corrected chi connectivity index (χ1v) is 11.4. The van der Waals surface area contributed by atoms with Gasteiger partial charge in [-0.1, -0.05) is 42.0 Å². The third kappa shape index (κ3) is 5.92. The molecule has 3 aromatic rings. The molecule has 1 saturated heterocycles. The van der Waals surface area contributed by atoms with Gasteiger partial charge in [0.2, 0.25) is 0 Å². The van der Waals surface area contributed by atoms with Crippen LogP contribution in [0.2, 0.25) is 0 Å². The standard InChI is InChI=1S/C27H30N4O2/c1-19-8-10-21(11-9-19)18-28-26(32)22-12-13-25(31-14-3-4-15-31)24(17-22)30-27(33)29-23-7-5-6-20(2)16-23/h5-13,16-17H,3-4,14-15,18H2,1-2H3,(H,28,32)(H2,29,30,33). The van der Waals surface area contributed by atoms with E-state index in [0.717, 1.165) is 48.4 Å². The van der Waals surface area contributed by atoms with Crippen LogP contribution in [0.15, 0.2) is 66.7 Å². The first-order valence-electron chi connectivity index (χ1n) is 11.4. The molecule has 1 fully saturated rings. The molecule has 4 rings (SSSR count). The maximum absolute atomic E-state index is 12.8. The Morgan fingerprint density at radius 1 is 0.848 bits per heavy atom. The first-order chi connectivity index (χ1) is 16.0. The minimum Gasteiger partial charge on any atom is -0.370 e. The summed E-state index contributed by atoms with van der Waals surface area (Å²) in [4.78, 5) is 27.8. The van der Waals surface area contributed by atoms with Crippen LogP contribution >= 0.6 is 0 Å². The Labute approximate surface area is 195 Å². The fraction of sp³-hybridized carbons (Fsp3) is 0.259. The molecule has 0 unspecified atom stereocenters. The molecule has 0 radical (unpaired) electrons. The molecular formula is C27H30N4O2. The highest BCUT2D eigenvalue weighted by Crippen LogP contribution is 2.30. The van der Waals surface area contributed by atoms with Crippen molar-refractivity contribution in [3.63, 3.8) is 0 Å². The van der Waals surface area contributed by atoms with E-state index in [2.05, 4.69) is 20.9 Å². The molecule has 6 heteroatoms. The number of hydrogen-bond acceptors (Lipinski definition) is 3. The lowest BCUT2D eigenvalue weighted by molar-refractivity contribution is 0.0951. The van der Waals surface area contributed by atoms with Crippen molar-refractivity contribution in [2.45, 2.75) is 33.2 Å². The maximum atomic E-state index is 12.8. The second kappa shape index (κ2) is 10.2. The molecule has 0 aromatic heterocycles. The van der Waals surface area contributed by atoms with Crippen LogP contribution in [0.5, 0.6) is 0 Å². The van der Waals surface area contributed by atoms with E-state index in [-0.39, 0.29) is 11.9 Å². The molecule has 3 N–H and O–H groups in total. The summed E-state index contributed by atoms with van der Waals surface area (Å²) in [7, 11) is 0. The van der Waals surface area contributed by atoms with E-state index >= 15 is 0 Å². The summed E-state index contributed by atoms with van der Waals surface area (Å²) >= 11 is 0. The van der Waals surface area contributed by atoms with Crippen molar-refractivity contribution in [1.29, 1.82) is 0 Å². The normalized spacial score (nSPS) is 13.0. The number of aryl methyl sites for hydroxylation is 2. The highest BCUT2D eigenvalue weighted by atomic mass is 16.2. The number of amides is 3. The summed E-state index contributed by atoms with van der Waals surface area (Å²) in [6.45, 7) is 6.34. The molecule has 3 aromatic carbocycles. The van der Waals surface area contributed by atoms with Gasteiger partial charge in [0.05, 0.1) is 11.4 Å². The molecule has 0 bridgehead atoms. The average Bonchev–Trinajstić information content (AvgIpc) is 3.33. The van der Waals surface area contributed by atoms with Crippen LogP contribution in [0.4, 0.5) is 21.9 Å². The van der Waals surface area contributed by atoms with Crippen molar-refractivity contribution in [2.75, 3.05) is 28.6 Å². The van der Waals surface area contributed by atoms with Crippen LogP contribution in [-0.4, -0.2) is 25.0 Å². The van der Waals surface area contributed by atoms with Crippen molar-refractivity contribution in [3.8, 4) is 0 Å². The number of carbonyl (C=O) groups is 2. The number of nitrogens with one attached hydrogen (secondary N) is 3. The summed E-state index contributed by atoms with van der Waals surface area (Å²) in [6, 6.07) is 20.9. The Balaban J connectivity index is 1.50. The second-order valence-corrected chi connectivity index (χ2v) is 8.54. The van der Waals surface area contributed by atoms with E-state index < -0.39 is 0 Å². The largest absolute Gasteiger partial charge is 0.370 e. The highest BCUT2D eigenvalue weighted by molar-refractivity contribution is 6.04. The van der Waals surface area contributed by atoms with Gasteiger partial charge in [-0.25, -0.2) is 4.79 Å². The summed E-state index contributed by atoms with van der Waals surface area (Å²) in [5, 5.41) is 8.81. The fourth-order valence-corrected chi connectivity index (χ4v) is 4.01. The molecule has 3 amide bonds. The Hall–Kier alpha value is -3.80. The number of urea groups is 1. The van der Waals surface area contributed by atoms with Crippen molar-refractivity contribution in [1.82, 2.24) is 5.32 Å². The summed E-state index contributed by atoms with van der Waals surface area (Å²) in [6.07, 6.45) is 2.24. The van der Waals surface area contributed by atoms with Gasteiger partial charge < -0.3 is 20.9 Å². The van der Waals surface area contributed by atoms with Crippen molar-refractivity contribution >= 4 is 29.0 Å². The number of anilines is 3. The van der Waals surface area contributed by atoms with Gasteiger partial charge in [0, 0.05) is 30.9 Å². The van der Waals surface area contributed by atoms with Gasteiger partial charge in [-0.15, -0.1) is 0 Å². The zero-order valence-corrected chi connectivity index (χ0v) is 19.2. The Morgan fingerprint density at radius 3 is 2.33 bits per heavy atom. The Bertz CT molecular complexity index is 1140. The molecule has 0 aliphatic carbocycles. The number of nitrogens with zero attached hydrogens (tertiary/aromatic N) is 1. The molecule has 0 saturated carbocycles. The number of rotatable bonds is 6. The SMILES string of the molecule is Cc1ccc(CNC(=O)c2ccc(N3CCCC3)c(NC(=O)Nc3cccc(C)c3)c2)cc1. The van der Waals surface area contributed by atoms with E-state index in [1.165, 1.54) is 5.56 Å². The van der Waals surface area contributed by atoms with Crippen LogP contribution < -0.4 is 20.9 Å². The molecule has 1 aliphatic rings. The first kappa shape index (κ1) is 22.4. The van der Waals surface area contributed by atoms with E-state index in [1.807, 2.05) is 74.5 Å². The lowest BCUT2D eigenvalue weighted by Crippen LogP contribution is -2.26. The minimum absolute atomic E-state index is 0.175. The van der Waals surface area contributed by atoms with Crippen LogP contribution in [0.1, 0.15) is 39.9 Å². The average molecular weight is 443 g/mol. The van der Waals surface area contributed by atoms with Gasteiger partial charge in [0.15, 0.2) is 0 Å². The predicted octanol–water partition coefficient (Wildman–Crippen LogP) is 5.48. The Kier molecular flexibility index (Phi) is 6.93. The van der Waals surface area contributed by atoms with Crippen LogP contribution in [-0.2, 0) is 6.54 Å². The quantitative estimate of drug-likeness (QED) is 0.473. The molecular weight excluding hydrogens is 412 g/mol.